The summed E-state index contributed by atoms with van der Waals surface area (Å²) in [4.78, 5) is 4.27. The number of aromatic nitrogens is 3. The average molecular weight is 411 g/mol. The molecule has 1 fully saturated rings. The topological polar surface area (TPSA) is 49.2 Å². The van der Waals surface area contributed by atoms with Crippen LogP contribution in [0.3, 0.4) is 0 Å². The highest BCUT2D eigenvalue weighted by atomic mass is 19.2. The molecule has 4 rings (SSSR count). The molecular formula is C22H24BF2N3O2. The predicted octanol–water partition coefficient (Wildman–Crippen LogP) is 3.88. The fourth-order valence-electron chi connectivity index (χ4n) is 3.45. The number of halogens is 2. The van der Waals surface area contributed by atoms with Gasteiger partial charge in [0, 0.05) is 29.0 Å². The van der Waals surface area contributed by atoms with E-state index in [0.717, 1.165) is 5.69 Å². The third-order valence-electron chi connectivity index (χ3n) is 5.91. The first-order chi connectivity index (χ1) is 14.1. The molecule has 3 aromatic rings. The molecule has 1 aliphatic heterocycles. The van der Waals surface area contributed by atoms with Gasteiger partial charge in [0.05, 0.1) is 29.1 Å². The molecule has 0 aliphatic carbocycles. The van der Waals surface area contributed by atoms with Crippen LogP contribution in [0, 0.1) is 18.6 Å². The van der Waals surface area contributed by atoms with Gasteiger partial charge in [0.15, 0.2) is 11.6 Å². The van der Waals surface area contributed by atoms with Crippen molar-refractivity contribution in [3.8, 4) is 11.1 Å². The Morgan fingerprint density at radius 3 is 2.30 bits per heavy atom. The summed E-state index contributed by atoms with van der Waals surface area (Å²) in [5.74, 6) is -1.91. The molecule has 156 valence electrons. The lowest BCUT2D eigenvalue weighted by Gasteiger charge is -2.32. The Labute approximate surface area is 175 Å². The highest BCUT2D eigenvalue weighted by Crippen LogP contribution is 2.37. The summed E-state index contributed by atoms with van der Waals surface area (Å²) in [6.07, 6.45) is 3.41. The van der Waals surface area contributed by atoms with Crippen molar-refractivity contribution < 1.29 is 18.1 Å². The minimum Gasteiger partial charge on any atom is -0.399 e. The lowest BCUT2D eigenvalue weighted by Crippen LogP contribution is -2.41. The lowest BCUT2D eigenvalue weighted by atomic mass is 9.78. The monoisotopic (exact) mass is 411 g/mol. The van der Waals surface area contributed by atoms with Gasteiger partial charge in [-0.1, -0.05) is 18.2 Å². The molecule has 0 radical (unpaired) electrons. The van der Waals surface area contributed by atoms with Crippen molar-refractivity contribution in [2.75, 3.05) is 0 Å². The number of rotatable bonds is 4. The molecule has 30 heavy (non-hydrogen) atoms. The highest BCUT2D eigenvalue weighted by Gasteiger charge is 2.52. The van der Waals surface area contributed by atoms with Crippen molar-refractivity contribution in [1.29, 1.82) is 0 Å². The normalized spacial score (nSPS) is 17.5. The van der Waals surface area contributed by atoms with Crippen LogP contribution in [0.25, 0.3) is 11.1 Å². The smallest absolute Gasteiger partial charge is 0.399 e. The quantitative estimate of drug-likeness (QED) is 0.612. The first-order valence-electron chi connectivity index (χ1n) is 9.87. The SMILES string of the molecule is Cc1nn(Cc2ccccn2)cc1-c1ccc(B2OC(C)(C)C(C)(C)O2)c(F)c1F. The van der Waals surface area contributed by atoms with Crippen molar-refractivity contribution in [1.82, 2.24) is 14.8 Å². The zero-order valence-electron chi connectivity index (χ0n) is 17.7. The standard InChI is InChI=1S/C22H24BF2N3O2/c1-14-17(13-28(27-14)12-15-8-6-7-11-26-15)16-9-10-18(20(25)19(16)24)23-29-21(2,3)22(4,5)30-23/h6-11,13H,12H2,1-5H3. The number of hydrogen-bond donors (Lipinski definition) is 0. The number of aryl methyl sites for hydroxylation is 1. The van der Waals surface area contributed by atoms with Crippen LogP contribution in [-0.2, 0) is 15.9 Å². The van der Waals surface area contributed by atoms with Gasteiger partial charge in [-0.3, -0.25) is 9.67 Å². The molecule has 0 amide bonds. The van der Waals surface area contributed by atoms with Crippen LogP contribution in [-0.4, -0.2) is 33.1 Å². The third-order valence-corrected chi connectivity index (χ3v) is 5.91. The van der Waals surface area contributed by atoms with Crippen LogP contribution >= 0.6 is 0 Å². The minimum absolute atomic E-state index is 0.0495. The van der Waals surface area contributed by atoms with Gasteiger partial charge in [-0.05, 0) is 46.8 Å². The Kier molecular flexibility index (Phi) is 5.02. The van der Waals surface area contributed by atoms with Crippen LogP contribution in [0.5, 0.6) is 0 Å². The molecule has 0 unspecified atom stereocenters. The van der Waals surface area contributed by atoms with Gasteiger partial charge in [0.2, 0.25) is 0 Å². The summed E-state index contributed by atoms with van der Waals surface area (Å²) in [5.41, 5.74) is 0.890. The Hall–Kier alpha value is -2.58. The van der Waals surface area contributed by atoms with E-state index >= 15 is 8.78 Å². The van der Waals surface area contributed by atoms with Crippen molar-refractivity contribution in [2.45, 2.75) is 52.4 Å². The first-order valence-corrected chi connectivity index (χ1v) is 9.87. The van der Waals surface area contributed by atoms with E-state index in [-0.39, 0.29) is 11.0 Å². The van der Waals surface area contributed by atoms with Gasteiger partial charge >= 0.3 is 7.12 Å². The molecule has 0 atom stereocenters. The van der Waals surface area contributed by atoms with Crippen molar-refractivity contribution >= 4 is 12.6 Å². The molecule has 1 saturated heterocycles. The van der Waals surface area contributed by atoms with Crippen LogP contribution in [0.2, 0.25) is 0 Å². The predicted molar refractivity (Wildman–Crippen MR) is 111 cm³/mol. The Balaban J connectivity index is 1.65. The summed E-state index contributed by atoms with van der Waals surface area (Å²) in [5, 5.41) is 4.43. The molecule has 1 aromatic carbocycles. The maximum absolute atomic E-state index is 15.1. The first kappa shape index (κ1) is 20.7. The van der Waals surface area contributed by atoms with Crippen LogP contribution in [0.1, 0.15) is 39.1 Å². The molecule has 3 heterocycles. The second-order valence-electron chi connectivity index (χ2n) is 8.57. The van der Waals surface area contributed by atoms with Crippen molar-refractivity contribution in [3.63, 3.8) is 0 Å². The van der Waals surface area contributed by atoms with Gasteiger partial charge in [0.25, 0.3) is 0 Å². The van der Waals surface area contributed by atoms with E-state index in [1.54, 1.807) is 30.1 Å². The van der Waals surface area contributed by atoms with E-state index in [1.807, 2.05) is 45.9 Å². The van der Waals surface area contributed by atoms with Crippen LogP contribution in [0.15, 0.2) is 42.7 Å². The maximum atomic E-state index is 15.1. The lowest BCUT2D eigenvalue weighted by molar-refractivity contribution is 0.00578. The molecule has 5 nitrogen and oxygen atoms in total. The summed E-state index contributed by atoms with van der Waals surface area (Å²) in [6.45, 7) is 9.69. The fraction of sp³-hybridized carbons (Fsp3) is 0.364. The zero-order chi connectivity index (χ0) is 21.7. The summed E-state index contributed by atoms with van der Waals surface area (Å²) in [6, 6.07) is 8.68. The van der Waals surface area contributed by atoms with E-state index in [4.69, 9.17) is 9.31 Å². The molecule has 0 saturated carbocycles. The largest absolute Gasteiger partial charge is 0.497 e. The molecule has 0 spiro atoms. The number of benzene rings is 1. The van der Waals surface area contributed by atoms with Crippen molar-refractivity contribution in [2.24, 2.45) is 0 Å². The molecule has 0 bridgehead atoms. The highest BCUT2D eigenvalue weighted by molar-refractivity contribution is 6.62. The van der Waals surface area contributed by atoms with Gasteiger partial charge < -0.3 is 9.31 Å². The minimum atomic E-state index is -0.970. The number of hydrogen-bond acceptors (Lipinski definition) is 4. The van der Waals surface area contributed by atoms with E-state index in [0.29, 0.717) is 17.8 Å². The molecule has 1 aliphatic rings. The van der Waals surface area contributed by atoms with Crippen LogP contribution in [0.4, 0.5) is 8.78 Å². The second-order valence-corrected chi connectivity index (χ2v) is 8.57. The van der Waals surface area contributed by atoms with E-state index in [9.17, 15) is 0 Å². The molecule has 8 heteroatoms. The van der Waals surface area contributed by atoms with Gasteiger partial charge in [-0.2, -0.15) is 5.10 Å². The Morgan fingerprint density at radius 1 is 0.967 bits per heavy atom. The second kappa shape index (κ2) is 7.28. The fourth-order valence-corrected chi connectivity index (χ4v) is 3.45. The van der Waals surface area contributed by atoms with E-state index < -0.39 is 30.0 Å². The van der Waals surface area contributed by atoms with Gasteiger partial charge in [-0.25, -0.2) is 8.78 Å². The van der Waals surface area contributed by atoms with E-state index in [1.165, 1.54) is 6.07 Å². The Bertz CT molecular complexity index is 1070. The third kappa shape index (κ3) is 3.54. The van der Waals surface area contributed by atoms with Crippen LogP contribution < -0.4 is 5.46 Å². The maximum Gasteiger partial charge on any atom is 0.497 e. The van der Waals surface area contributed by atoms with E-state index in [2.05, 4.69) is 10.1 Å². The Morgan fingerprint density at radius 2 is 1.67 bits per heavy atom. The van der Waals surface area contributed by atoms with Gasteiger partial charge in [0.1, 0.15) is 0 Å². The summed E-state index contributed by atoms with van der Waals surface area (Å²) >= 11 is 0. The average Bonchev–Trinajstić information content (AvgIpc) is 3.13. The molecule has 2 aromatic heterocycles. The molecule has 0 N–H and O–H groups in total. The zero-order valence-corrected chi connectivity index (χ0v) is 17.7. The molecular weight excluding hydrogens is 387 g/mol. The van der Waals surface area contributed by atoms with Gasteiger partial charge in [-0.15, -0.1) is 0 Å². The summed E-state index contributed by atoms with van der Waals surface area (Å²) < 4.78 is 43.5. The van der Waals surface area contributed by atoms with Crippen molar-refractivity contribution in [3.05, 3.63) is 65.7 Å². The number of nitrogens with zero attached hydrogens (tertiary/aromatic N) is 3. The summed E-state index contributed by atoms with van der Waals surface area (Å²) in [7, 11) is -0.966. The number of pyridine rings is 1.